The summed E-state index contributed by atoms with van der Waals surface area (Å²) in [6.07, 6.45) is 3.77. The van der Waals surface area contributed by atoms with Crippen LogP contribution >= 0.6 is 0 Å². The highest BCUT2D eigenvalue weighted by molar-refractivity contribution is 6.23. The van der Waals surface area contributed by atoms with E-state index < -0.39 is 0 Å². The fourth-order valence-electron chi connectivity index (χ4n) is 8.26. The van der Waals surface area contributed by atoms with E-state index in [9.17, 15) is 0 Å². The average Bonchev–Trinajstić information content (AvgIpc) is 3.78. The lowest BCUT2D eigenvalue weighted by molar-refractivity contribution is 0.596. The van der Waals surface area contributed by atoms with Gasteiger partial charge in [0.1, 0.15) is 11.3 Å². The smallest absolute Gasteiger partial charge is 0.164 e. The Morgan fingerprint density at radius 2 is 1.09 bits per heavy atom. The van der Waals surface area contributed by atoms with Gasteiger partial charge in [0.25, 0.3) is 0 Å². The topological polar surface area (TPSA) is 56.7 Å². The van der Waals surface area contributed by atoms with E-state index in [1.165, 1.54) is 43.8 Å². The number of fused-ring (bicyclic) bond motifs is 7. The molecule has 0 radical (unpaired) electrons. The summed E-state index contributed by atoms with van der Waals surface area (Å²) in [7, 11) is 0. The number of furan rings is 1. The Kier molecular flexibility index (Phi) is 6.92. The maximum Gasteiger partial charge on any atom is 0.164 e. The Morgan fingerprint density at radius 3 is 1.81 bits per heavy atom. The fraction of sp³-hybridized carbons (Fsp3) is 0.0408. The first kappa shape index (κ1) is 30.5. The van der Waals surface area contributed by atoms with Crippen molar-refractivity contribution >= 4 is 55.2 Å². The first-order chi connectivity index (χ1) is 26.8. The van der Waals surface area contributed by atoms with Gasteiger partial charge in [-0.25, -0.2) is 15.0 Å². The van der Waals surface area contributed by atoms with Gasteiger partial charge < -0.3 is 8.98 Å². The molecule has 3 heterocycles. The van der Waals surface area contributed by atoms with Crippen molar-refractivity contribution in [3.63, 3.8) is 0 Å². The van der Waals surface area contributed by atoms with Crippen LogP contribution in [-0.2, 0) is 6.42 Å². The van der Waals surface area contributed by atoms with E-state index in [0.29, 0.717) is 17.5 Å². The molecule has 1 aliphatic rings. The van der Waals surface area contributed by atoms with E-state index in [2.05, 4.69) is 114 Å². The minimum Gasteiger partial charge on any atom is -0.456 e. The molecule has 0 bridgehead atoms. The van der Waals surface area contributed by atoms with E-state index >= 15 is 0 Å². The van der Waals surface area contributed by atoms with Crippen LogP contribution in [0.5, 0.6) is 0 Å². The van der Waals surface area contributed by atoms with Crippen molar-refractivity contribution in [1.82, 2.24) is 19.5 Å². The van der Waals surface area contributed by atoms with Gasteiger partial charge in [-0.2, -0.15) is 0 Å². The first-order valence-corrected chi connectivity index (χ1v) is 18.4. The molecule has 54 heavy (non-hydrogen) atoms. The summed E-state index contributed by atoms with van der Waals surface area (Å²) >= 11 is 0. The van der Waals surface area contributed by atoms with Crippen LogP contribution in [0.3, 0.4) is 0 Å². The summed E-state index contributed by atoms with van der Waals surface area (Å²) in [6, 6.07) is 57.5. The molecule has 3 aromatic heterocycles. The Hall–Kier alpha value is -7.11. The zero-order chi connectivity index (χ0) is 35.6. The first-order valence-electron chi connectivity index (χ1n) is 18.4. The predicted octanol–water partition coefficient (Wildman–Crippen LogP) is 12.4. The van der Waals surface area contributed by atoms with Crippen molar-refractivity contribution in [2.45, 2.75) is 12.8 Å². The number of para-hydroxylation sites is 1. The number of benzene rings is 7. The van der Waals surface area contributed by atoms with Gasteiger partial charge in [-0.05, 0) is 65.1 Å². The second kappa shape index (κ2) is 12.2. The van der Waals surface area contributed by atoms with Crippen molar-refractivity contribution < 1.29 is 4.42 Å². The third-order valence-corrected chi connectivity index (χ3v) is 10.7. The van der Waals surface area contributed by atoms with E-state index in [0.717, 1.165) is 57.5 Å². The average molecular weight is 693 g/mol. The molecular formula is C49H32N4O. The summed E-state index contributed by atoms with van der Waals surface area (Å²) in [5.41, 5.74) is 10.9. The number of rotatable bonds is 5. The minimum absolute atomic E-state index is 0.662. The van der Waals surface area contributed by atoms with Crippen molar-refractivity contribution in [3.05, 3.63) is 181 Å². The quantitative estimate of drug-likeness (QED) is 0.180. The fourth-order valence-corrected chi connectivity index (χ4v) is 8.26. The Balaban J connectivity index is 1.07. The maximum absolute atomic E-state index is 6.74. The van der Waals surface area contributed by atoms with E-state index in [1.54, 1.807) is 0 Å². The van der Waals surface area contributed by atoms with E-state index in [1.807, 2.05) is 60.7 Å². The van der Waals surface area contributed by atoms with Crippen molar-refractivity contribution in [3.8, 4) is 39.6 Å². The SMILES string of the molecule is C1=C(c2nc(-c3ccccc3)nc(-c3ccccc3)n2)CCc2c1oc1cc(-n3c4ccccc4c4c(-c5ccccc5)c5ccccc5cc43)ccc21. The minimum atomic E-state index is 0.662. The number of allylic oxidation sites excluding steroid dienone is 1. The van der Waals surface area contributed by atoms with E-state index in [4.69, 9.17) is 19.4 Å². The zero-order valence-corrected chi connectivity index (χ0v) is 29.3. The predicted molar refractivity (Wildman–Crippen MR) is 220 cm³/mol. The molecule has 0 saturated heterocycles. The van der Waals surface area contributed by atoms with Crippen molar-refractivity contribution in [2.75, 3.05) is 0 Å². The lowest BCUT2D eigenvalue weighted by atomic mass is 9.93. The number of nitrogens with zero attached hydrogens (tertiary/aromatic N) is 4. The molecule has 0 atom stereocenters. The second-order valence-electron chi connectivity index (χ2n) is 13.9. The molecule has 0 N–H and O–H groups in total. The van der Waals surface area contributed by atoms with Crippen LogP contribution in [0.2, 0.25) is 0 Å². The molecule has 11 rings (SSSR count). The maximum atomic E-state index is 6.74. The molecule has 10 aromatic rings. The molecule has 0 amide bonds. The van der Waals surface area contributed by atoms with E-state index in [-0.39, 0.29) is 0 Å². The van der Waals surface area contributed by atoms with Crippen LogP contribution in [0.15, 0.2) is 168 Å². The summed E-state index contributed by atoms with van der Waals surface area (Å²) in [5, 5.41) is 6.09. The highest BCUT2D eigenvalue weighted by atomic mass is 16.3. The van der Waals surface area contributed by atoms with Gasteiger partial charge in [0.05, 0.1) is 11.0 Å². The van der Waals surface area contributed by atoms with Gasteiger partial charge in [0.15, 0.2) is 17.5 Å². The second-order valence-corrected chi connectivity index (χ2v) is 13.9. The molecule has 0 fully saturated rings. The van der Waals surface area contributed by atoms with Crippen LogP contribution in [0.4, 0.5) is 0 Å². The molecule has 0 saturated carbocycles. The molecule has 5 nitrogen and oxygen atoms in total. The van der Waals surface area contributed by atoms with Crippen LogP contribution in [0.25, 0.3) is 94.8 Å². The molecule has 0 aliphatic heterocycles. The lowest BCUT2D eigenvalue weighted by Gasteiger charge is -2.14. The van der Waals surface area contributed by atoms with Gasteiger partial charge >= 0.3 is 0 Å². The molecule has 5 heteroatoms. The summed E-state index contributed by atoms with van der Waals surface area (Å²) in [4.78, 5) is 14.9. The molecule has 254 valence electrons. The van der Waals surface area contributed by atoms with Crippen molar-refractivity contribution in [1.29, 1.82) is 0 Å². The monoisotopic (exact) mass is 692 g/mol. The molecule has 7 aromatic carbocycles. The summed E-state index contributed by atoms with van der Waals surface area (Å²) < 4.78 is 9.13. The molecule has 0 unspecified atom stereocenters. The number of aryl methyl sites for hydroxylation is 1. The number of hydrogen-bond donors (Lipinski definition) is 0. The highest BCUT2D eigenvalue weighted by Gasteiger charge is 2.24. The Bertz CT molecular complexity index is 3030. The van der Waals surface area contributed by atoms with Gasteiger partial charge in [-0.15, -0.1) is 0 Å². The standard InChI is InChI=1S/C49H32N4O/c1-4-14-31(15-5-1)45-37-21-11-10-20-34(37)28-42-46(45)40-22-12-13-23-41(40)53(42)36-25-27-39-38-26-24-35(29-43(38)54-44(39)30-36)49-51-47(32-16-6-2-7-17-32)50-48(52-49)33-18-8-3-9-19-33/h1-23,25,27-30H,24,26H2. The van der Waals surface area contributed by atoms with Gasteiger partial charge in [0.2, 0.25) is 0 Å². The molecule has 1 aliphatic carbocycles. The molecule has 0 spiro atoms. The van der Waals surface area contributed by atoms with Gasteiger partial charge in [-0.3, -0.25) is 0 Å². The zero-order valence-electron chi connectivity index (χ0n) is 29.3. The largest absolute Gasteiger partial charge is 0.456 e. The van der Waals surface area contributed by atoms with Crippen LogP contribution in [0, 0.1) is 0 Å². The third kappa shape index (κ3) is 4.90. The Morgan fingerprint density at radius 1 is 0.481 bits per heavy atom. The Labute approximate surface area is 311 Å². The van der Waals surface area contributed by atoms with Gasteiger partial charge in [-0.1, -0.05) is 133 Å². The van der Waals surface area contributed by atoms with Crippen LogP contribution < -0.4 is 0 Å². The number of aromatic nitrogens is 4. The normalized spacial score (nSPS) is 12.8. The summed E-state index contributed by atoms with van der Waals surface area (Å²) in [5.74, 6) is 2.87. The summed E-state index contributed by atoms with van der Waals surface area (Å²) in [6.45, 7) is 0. The molecular weight excluding hydrogens is 661 g/mol. The lowest BCUT2D eigenvalue weighted by Crippen LogP contribution is -2.05. The van der Waals surface area contributed by atoms with Crippen molar-refractivity contribution in [2.24, 2.45) is 0 Å². The highest BCUT2D eigenvalue weighted by Crippen LogP contribution is 2.44. The van der Waals surface area contributed by atoms with Crippen LogP contribution in [-0.4, -0.2) is 19.5 Å². The van der Waals surface area contributed by atoms with Crippen LogP contribution in [0.1, 0.15) is 23.6 Å². The number of hydrogen-bond acceptors (Lipinski definition) is 4. The van der Waals surface area contributed by atoms with Gasteiger partial charge in [0, 0.05) is 50.2 Å². The third-order valence-electron chi connectivity index (χ3n) is 10.7.